The van der Waals surface area contributed by atoms with Crippen molar-refractivity contribution in [2.45, 2.75) is 38.5 Å². The van der Waals surface area contributed by atoms with E-state index in [9.17, 15) is 4.79 Å². The van der Waals surface area contributed by atoms with Crippen molar-refractivity contribution in [3.05, 3.63) is 12.7 Å². The Bertz CT molecular complexity index is 221. The summed E-state index contributed by atoms with van der Waals surface area (Å²) in [7, 11) is 0. The van der Waals surface area contributed by atoms with Crippen LogP contribution in [0, 0.1) is 17.3 Å². The van der Waals surface area contributed by atoms with Crippen LogP contribution in [0.4, 0.5) is 0 Å². The summed E-state index contributed by atoms with van der Waals surface area (Å²) < 4.78 is 0. The van der Waals surface area contributed by atoms with Gasteiger partial charge in [-0.2, -0.15) is 0 Å². The van der Waals surface area contributed by atoms with Gasteiger partial charge in [0.1, 0.15) is 6.29 Å². The fourth-order valence-electron chi connectivity index (χ4n) is 3.43. The molecule has 0 saturated heterocycles. The van der Waals surface area contributed by atoms with Crippen LogP contribution in [0.5, 0.6) is 0 Å². The molecule has 2 rings (SSSR count). The molecule has 0 aliphatic heterocycles. The lowest BCUT2D eigenvalue weighted by atomic mass is 9.65. The van der Waals surface area contributed by atoms with Crippen LogP contribution >= 0.6 is 0 Å². The van der Waals surface area contributed by atoms with Gasteiger partial charge in [0.25, 0.3) is 0 Å². The maximum absolute atomic E-state index is 11.3. The van der Waals surface area contributed by atoms with Crippen molar-refractivity contribution in [1.29, 1.82) is 0 Å². The lowest BCUT2D eigenvalue weighted by molar-refractivity contribution is -0.121. The van der Waals surface area contributed by atoms with Crippen LogP contribution in [0.25, 0.3) is 0 Å². The van der Waals surface area contributed by atoms with Gasteiger partial charge in [-0.15, -0.1) is 6.58 Å². The van der Waals surface area contributed by atoms with E-state index < -0.39 is 0 Å². The van der Waals surface area contributed by atoms with Gasteiger partial charge in [-0.1, -0.05) is 18.9 Å². The van der Waals surface area contributed by atoms with E-state index in [0.717, 1.165) is 6.42 Å². The van der Waals surface area contributed by atoms with Crippen LogP contribution in [-0.2, 0) is 4.79 Å². The number of fused-ring (bicyclic) bond motifs is 1. The maximum atomic E-state index is 11.3. The Morgan fingerprint density at radius 1 is 1.23 bits per heavy atom. The third-order valence-electron chi connectivity index (χ3n) is 4.19. The average molecular weight is 178 g/mol. The van der Waals surface area contributed by atoms with Crippen molar-refractivity contribution in [3.8, 4) is 0 Å². The first kappa shape index (κ1) is 8.98. The Labute approximate surface area is 80.2 Å². The minimum Gasteiger partial charge on any atom is -0.303 e. The van der Waals surface area contributed by atoms with Gasteiger partial charge < -0.3 is 4.79 Å². The molecule has 0 N–H and O–H groups in total. The molecule has 1 nitrogen and oxygen atoms in total. The summed E-state index contributed by atoms with van der Waals surface area (Å²) in [6.07, 6.45) is 10.6. The molecule has 0 aromatic heterocycles. The first-order valence-corrected chi connectivity index (χ1v) is 5.42. The number of hydrogen-bond acceptors (Lipinski definition) is 1. The number of aldehydes is 1. The van der Waals surface area contributed by atoms with Gasteiger partial charge in [0.05, 0.1) is 0 Å². The predicted molar refractivity (Wildman–Crippen MR) is 53.4 cm³/mol. The Kier molecular flexibility index (Phi) is 2.27. The molecule has 1 heteroatoms. The zero-order valence-corrected chi connectivity index (χ0v) is 8.17. The van der Waals surface area contributed by atoms with Gasteiger partial charge in [0.15, 0.2) is 0 Å². The van der Waals surface area contributed by atoms with Crippen LogP contribution < -0.4 is 0 Å². The van der Waals surface area contributed by atoms with Gasteiger partial charge in [-0.25, -0.2) is 0 Å². The highest BCUT2D eigenvalue weighted by atomic mass is 16.1. The van der Waals surface area contributed by atoms with Gasteiger partial charge >= 0.3 is 0 Å². The van der Waals surface area contributed by atoms with Crippen LogP contribution in [-0.4, -0.2) is 6.29 Å². The third-order valence-corrected chi connectivity index (χ3v) is 4.19. The molecule has 3 unspecified atom stereocenters. The summed E-state index contributed by atoms with van der Waals surface area (Å²) in [5.74, 6) is 1.14. The van der Waals surface area contributed by atoms with Crippen molar-refractivity contribution < 1.29 is 4.79 Å². The second-order valence-corrected chi connectivity index (χ2v) is 4.59. The van der Waals surface area contributed by atoms with E-state index in [4.69, 9.17) is 0 Å². The zero-order chi connectivity index (χ0) is 9.31. The number of allylic oxidation sites excluding steroid dienone is 1. The minimum atomic E-state index is 0. The topological polar surface area (TPSA) is 17.1 Å². The van der Waals surface area contributed by atoms with Crippen LogP contribution in [0.3, 0.4) is 0 Å². The van der Waals surface area contributed by atoms with Gasteiger partial charge in [0, 0.05) is 5.41 Å². The van der Waals surface area contributed by atoms with Crippen molar-refractivity contribution in [2.24, 2.45) is 17.3 Å². The molecule has 2 fully saturated rings. The molecular weight excluding hydrogens is 160 g/mol. The largest absolute Gasteiger partial charge is 0.303 e. The smallest absolute Gasteiger partial charge is 0.127 e. The van der Waals surface area contributed by atoms with Gasteiger partial charge in [0.2, 0.25) is 0 Å². The molecule has 2 aliphatic rings. The Balaban J connectivity index is 2.27. The molecule has 0 heterocycles. The maximum Gasteiger partial charge on any atom is 0.127 e. The summed E-state index contributed by atoms with van der Waals surface area (Å²) in [5, 5.41) is 0. The van der Waals surface area contributed by atoms with E-state index in [2.05, 4.69) is 6.58 Å². The van der Waals surface area contributed by atoms with E-state index in [-0.39, 0.29) is 5.41 Å². The summed E-state index contributed by atoms with van der Waals surface area (Å²) in [6.45, 7) is 3.87. The van der Waals surface area contributed by atoms with E-state index in [0.29, 0.717) is 11.8 Å². The molecule has 2 saturated carbocycles. The lowest BCUT2D eigenvalue weighted by Crippen LogP contribution is -2.35. The molecule has 3 atom stereocenters. The number of hydrogen-bond donors (Lipinski definition) is 0. The SMILES string of the molecule is C=CC1CCC2CCCCC12C=O. The quantitative estimate of drug-likeness (QED) is 0.469. The van der Waals surface area contributed by atoms with Gasteiger partial charge in [-0.3, -0.25) is 0 Å². The number of carbonyl (C=O) groups excluding carboxylic acids is 1. The second kappa shape index (κ2) is 3.28. The summed E-state index contributed by atoms with van der Waals surface area (Å²) in [6, 6.07) is 0. The molecule has 2 aliphatic carbocycles. The monoisotopic (exact) mass is 178 g/mol. The van der Waals surface area contributed by atoms with Crippen LogP contribution in [0.2, 0.25) is 0 Å². The molecule has 0 bridgehead atoms. The summed E-state index contributed by atoms with van der Waals surface area (Å²) in [4.78, 5) is 11.3. The lowest BCUT2D eigenvalue weighted by Gasteiger charge is -2.38. The van der Waals surface area contributed by atoms with E-state index >= 15 is 0 Å². The normalized spacial score (nSPS) is 44.0. The highest BCUT2D eigenvalue weighted by molar-refractivity contribution is 5.62. The Morgan fingerprint density at radius 3 is 2.77 bits per heavy atom. The molecule has 0 radical (unpaired) electrons. The first-order valence-electron chi connectivity index (χ1n) is 5.42. The predicted octanol–water partition coefficient (Wildman–Crippen LogP) is 2.96. The fourth-order valence-corrected chi connectivity index (χ4v) is 3.43. The number of carbonyl (C=O) groups is 1. The minimum absolute atomic E-state index is 0. The number of rotatable bonds is 2. The van der Waals surface area contributed by atoms with Crippen LogP contribution in [0.15, 0.2) is 12.7 Å². The molecule has 0 amide bonds. The summed E-state index contributed by atoms with van der Waals surface area (Å²) in [5.41, 5.74) is 0. The first-order chi connectivity index (χ1) is 6.33. The highest BCUT2D eigenvalue weighted by Gasteiger charge is 2.49. The fraction of sp³-hybridized carbons (Fsp3) is 0.750. The molecule has 0 aromatic rings. The van der Waals surface area contributed by atoms with Crippen molar-refractivity contribution in [1.82, 2.24) is 0 Å². The van der Waals surface area contributed by atoms with E-state index in [1.54, 1.807) is 0 Å². The van der Waals surface area contributed by atoms with Crippen molar-refractivity contribution >= 4 is 6.29 Å². The van der Waals surface area contributed by atoms with Crippen LogP contribution in [0.1, 0.15) is 38.5 Å². The second-order valence-electron chi connectivity index (χ2n) is 4.59. The van der Waals surface area contributed by atoms with Crippen molar-refractivity contribution in [2.75, 3.05) is 0 Å². The Hall–Kier alpha value is -0.590. The van der Waals surface area contributed by atoms with Gasteiger partial charge in [-0.05, 0) is 37.5 Å². The van der Waals surface area contributed by atoms with E-state index in [1.807, 2.05) is 6.08 Å². The molecule has 13 heavy (non-hydrogen) atoms. The highest BCUT2D eigenvalue weighted by Crippen LogP contribution is 2.54. The molecular formula is C12H18O. The molecule has 72 valence electrons. The molecule has 0 aromatic carbocycles. The van der Waals surface area contributed by atoms with E-state index in [1.165, 1.54) is 38.4 Å². The van der Waals surface area contributed by atoms with Crippen molar-refractivity contribution in [3.63, 3.8) is 0 Å². The molecule has 0 spiro atoms. The average Bonchev–Trinajstić information content (AvgIpc) is 2.56. The summed E-state index contributed by atoms with van der Waals surface area (Å²) >= 11 is 0. The standard InChI is InChI=1S/C12H18O/c1-2-10-6-7-11-5-3-4-8-12(10,11)9-13/h2,9-11H,1,3-8H2. The third kappa shape index (κ3) is 1.17. The zero-order valence-electron chi connectivity index (χ0n) is 8.17. The Morgan fingerprint density at radius 2 is 2.08 bits per heavy atom.